The van der Waals surface area contributed by atoms with Gasteiger partial charge in [-0.05, 0) is 18.1 Å². The highest BCUT2D eigenvalue weighted by Gasteiger charge is 2.27. The van der Waals surface area contributed by atoms with Crippen LogP contribution in [-0.4, -0.2) is 58.7 Å². The number of hydrogen-bond acceptors (Lipinski definition) is 5. The highest BCUT2D eigenvalue weighted by Crippen LogP contribution is 2.35. The molecule has 0 aliphatic carbocycles. The number of methoxy groups -OCH3 is 1. The number of rotatable bonds is 6. The molecule has 8 heteroatoms. The molecular formula is C15H22N2O5S. The number of carbonyl (C=O) groups is 1. The summed E-state index contributed by atoms with van der Waals surface area (Å²) < 4.78 is 34.7. The lowest BCUT2D eigenvalue weighted by Gasteiger charge is -2.26. The number of nitrogens with one attached hydrogen (secondary N) is 1. The minimum atomic E-state index is -3.23. The summed E-state index contributed by atoms with van der Waals surface area (Å²) in [5, 5.41) is 2.76. The molecule has 1 amide bonds. The molecule has 0 spiro atoms. The molecule has 0 radical (unpaired) electrons. The zero-order chi connectivity index (χ0) is 17.0. The Balaban J connectivity index is 1.90. The number of nitrogens with zero attached hydrogens (tertiary/aromatic N) is 1. The number of para-hydroxylation sites is 1. The molecule has 1 heterocycles. The Labute approximate surface area is 136 Å². The normalized spacial score (nSPS) is 17.3. The topological polar surface area (TPSA) is 84.9 Å². The average molecular weight is 342 g/mol. The Morgan fingerprint density at radius 1 is 1.48 bits per heavy atom. The lowest BCUT2D eigenvalue weighted by molar-refractivity contribution is -0.126. The van der Waals surface area contributed by atoms with Crippen molar-refractivity contribution in [3.05, 3.63) is 23.8 Å². The van der Waals surface area contributed by atoms with Crippen molar-refractivity contribution in [1.29, 1.82) is 0 Å². The van der Waals surface area contributed by atoms with Crippen LogP contribution in [0.5, 0.6) is 11.5 Å². The zero-order valence-corrected chi connectivity index (χ0v) is 14.4. The molecular weight excluding hydrogens is 320 g/mol. The van der Waals surface area contributed by atoms with Gasteiger partial charge in [0, 0.05) is 20.1 Å². The molecule has 1 unspecified atom stereocenters. The van der Waals surface area contributed by atoms with E-state index < -0.39 is 10.0 Å². The highest BCUT2D eigenvalue weighted by atomic mass is 32.2. The number of amides is 1. The van der Waals surface area contributed by atoms with Gasteiger partial charge in [-0.15, -0.1) is 0 Å². The van der Waals surface area contributed by atoms with Gasteiger partial charge in [0.2, 0.25) is 15.9 Å². The van der Waals surface area contributed by atoms with Crippen LogP contribution in [0.25, 0.3) is 0 Å². The molecule has 1 aromatic carbocycles. The first kappa shape index (κ1) is 17.6. The predicted molar refractivity (Wildman–Crippen MR) is 86.2 cm³/mol. The molecule has 128 valence electrons. The van der Waals surface area contributed by atoms with Crippen molar-refractivity contribution in [3.63, 3.8) is 0 Å². The maximum absolute atomic E-state index is 12.2. The number of sulfonamides is 1. The second-order valence-corrected chi connectivity index (χ2v) is 7.63. The number of ether oxygens (including phenoxy) is 2. The summed E-state index contributed by atoms with van der Waals surface area (Å²) in [4.78, 5) is 12.2. The van der Waals surface area contributed by atoms with E-state index in [2.05, 4.69) is 5.32 Å². The van der Waals surface area contributed by atoms with Gasteiger partial charge in [0.1, 0.15) is 6.61 Å². The number of fused-ring (bicyclic) bond motifs is 1. The van der Waals surface area contributed by atoms with Gasteiger partial charge in [-0.3, -0.25) is 4.79 Å². The predicted octanol–water partition coefficient (Wildman–Crippen LogP) is 0.254. The van der Waals surface area contributed by atoms with Crippen LogP contribution in [0.1, 0.15) is 5.56 Å². The molecule has 0 fully saturated rings. The van der Waals surface area contributed by atoms with Crippen LogP contribution >= 0.6 is 0 Å². The van der Waals surface area contributed by atoms with Gasteiger partial charge in [0.25, 0.3) is 0 Å². The molecule has 1 aromatic rings. The smallest absolute Gasteiger partial charge is 0.226 e. The van der Waals surface area contributed by atoms with E-state index in [1.807, 2.05) is 18.2 Å². The summed E-state index contributed by atoms with van der Waals surface area (Å²) in [6.07, 6.45) is 1.70. The Hall–Kier alpha value is -1.80. The molecule has 1 atom stereocenters. The lowest BCUT2D eigenvalue weighted by atomic mass is 9.95. The highest BCUT2D eigenvalue weighted by molar-refractivity contribution is 7.88. The van der Waals surface area contributed by atoms with Gasteiger partial charge in [-0.1, -0.05) is 12.1 Å². The fraction of sp³-hybridized carbons (Fsp3) is 0.533. The van der Waals surface area contributed by atoms with Crippen LogP contribution in [0.4, 0.5) is 0 Å². The van der Waals surface area contributed by atoms with E-state index in [0.29, 0.717) is 17.9 Å². The molecule has 7 nitrogen and oxygen atoms in total. The van der Waals surface area contributed by atoms with Crippen LogP contribution in [0.2, 0.25) is 0 Å². The van der Waals surface area contributed by atoms with Crippen molar-refractivity contribution in [2.45, 2.75) is 6.42 Å². The lowest BCUT2D eigenvalue weighted by Crippen LogP contribution is -2.41. The molecule has 0 saturated heterocycles. The SMILES string of the molecule is COc1cccc2c1OCC(C(=O)NCCN(C)S(C)(=O)=O)C2. The second-order valence-electron chi connectivity index (χ2n) is 5.54. The molecule has 1 aliphatic rings. The molecule has 0 saturated carbocycles. The molecule has 2 rings (SSSR count). The van der Waals surface area contributed by atoms with E-state index in [-0.39, 0.29) is 31.5 Å². The Morgan fingerprint density at radius 2 is 2.22 bits per heavy atom. The molecule has 0 aromatic heterocycles. The first-order valence-electron chi connectivity index (χ1n) is 7.30. The molecule has 23 heavy (non-hydrogen) atoms. The summed E-state index contributed by atoms with van der Waals surface area (Å²) in [7, 11) is -0.171. The fourth-order valence-electron chi connectivity index (χ4n) is 2.37. The third kappa shape index (κ3) is 4.35. The number of carbonyl (C=O) groups excluding carboxylic acids is 1. The van der Waals surface area contributed by atoms with Gasteiger partial charge >= 0.3 is 0 Å². The van der Waals surface area contributed by atoms with Crippen molar-refractivity contribution >= 4 is 15.9 Å². The number of hydrogen-bond donors (Lipinski definition) is 1. The van der Waals surface area contributed by atoms with Crippen molar-refractivity contribution in [2.24, 2.45) is 5.92 Å². The monoisotopic (exact) mass is 342 g/mol. The van der Waals surface area contributed by atoms with E-state index in [4.69, 9.17) is 9.47 Å². The van der Waals surface area contributed by atoms with Crippen LogP contribution in [-0.2, 0) is 21.2 Å². The number of likely N-dealkylation sites (N-methyl/N-ethyl adjacent to an activating group) is 1. The van der Waals surface area contributed by atoms with Gasteiger partial charge in [0.15, 0.2) is 11.5 Å². The Kier molecular flexibility index (Phi) is 5.48. The summed E-state index contributed by atoms with van der Waals surface area (Å²) >= 11 is 0. The standard InChI is InChI=1S/C15H22N2O5S/c1-17(23(3,19)20)8-7-16-15(18)12-9-11-5-4-6-13(21-2)14(11)22-10-12/h4-6,12H,7-10H2,1-3H3,(H,16,18). The van der Waals surface area contributed by atoms with Crippen molar-refractivity contribution in [2.75, 3.05) is 40.1 Å². The minimum Gasteiger partial charge on any atom is -0.493 e. The van der Waals surface area contributed by atoms with E-state index in [0.717, 1.165) is 11.8 Å². The van der Waals surface area contributed by atoms with E-state index in [9.17, 15) is 13.2 Å². The first-order chi connectivity index (χ1) is 10.8. The third-order valence-corrected chi connectivity index (χ3v) is 5.15. The molecule has 0 bridgehead atoms. The molecule has 1 aliphatic heterocycles. The summed E-state index contributed by atoms with van der Waals surface area (Å²) in [6, 6.07) is 5.59. The average Bonchev–Trinajstić information content (AvgIpc) is 2.52. The van der Waals surface area contributed by atoms with E-state index in [1.165, 1.54) is 11.4 Å². The van der Waals surface area contributed by atoms with Crippen LogP contribution in [0, 0.1) is 5.92 Å². The van der Waals surface area contributed by atoms with Crippen molar-refractivity contribution in [1.82, 2.24) is 9.62 Å². The van der Waals surface area contributed by atoms with Crippen LogP contribution < -0.4 is 14.8 Å². The zero-order valence-electron chi connectivity index (χ0n) is 13.5. The van der Waals surface area contributed by atoms with E-state index in [1.54, 1.807) is 7.11 Å². The van der Waals surface area contributed by atoms with Crippen LogP contribution in [0.3, 0.4) is 0 Å². The summed E-state index contributed by atoms with van der Waals surface area (Å²) in [5.41, 5.74) is 0.934. The maximum atomic E-state index is 12.2. The summed E-state index contributed by atoms with van der Waals surface area (Å²) in [6.45, 7) is 0.785. The summed E-state index contributed by atoms with van der Waals surface area (Å²) in [5.74, 6) is 0.922. The largest absolute Gasteiger partial charge is 0.493 e. The van der Waals surface area contributed by atoms with Crippen molar-refractivity contribution < 1.29 is 22.7 Å². The minimum absolute atomic E-state index is 0.139. The third-order valence-electron chi connectivity index (χ3n) is 3.84. The van der Waals surface area contributed by atoms with Gasteiger partial charge in [-0.2, -0.15) is 0 Å². The Bertz CT molecular complexity index is 674. The molecule has 1 N–H and O–H groups in total. The quantitative estimate of drug-likeness (QED) is 0.801. The van der Waals surface area contributed by atoms with Gasteiger partial charge in [0.05, 0.1) is 19.3 Å². The second kappa shape index (κ2) is 7.18. The van der Waals surface area contributed by atoms with E-state index >= 15 is 0 Å². The van der Waals surface area contributed by atoms with Gasteiger partial charge < -0.3 is 14.8 Å². The fourth-order valence-corrected chi connectivity index (χ4v) is 2.79. The van der Waals surface area contributed by atoms with Crippen molar-refractivity contribution in [3.8, 4) is 11.5 Å². The first-order valence-corrected chi connectivity index (χ1v) is 9.15. The van der Waals surface area contributed by atoms with Crippen LogP contribution in [0.15, 0.2) is 18.2 Å². The Morgan fingerprint density at radius 3 is 2.87 bits per heavy atom. The van der Waals surface area contributed by atoms with Gasteiger partial charge in [-0.25, -0.2) is 12.7 Å². The maximum Gasteiger partial charge on any atom is 0.226 e. The number of benzene rings is 1.